The minimum Gasteiger partial charge on any atom is -0.245 e. The van der Waals surface area contributed by atoms with E-state index in [1.54, 1.807) is 6.33 Å². The Bertz CT molecular complexity index is 410. The predicted octanol–water partition coefficient (Wildman–Crippen LogP) is 3.82. The van der Waals surface area contributed by atoms with Gasteiger partial charge >= 0.3 is 0 Å². The molecule has 2 rings (SSSR count). The van der Waals surface area contributed by atoms with E-state index in [1.807, 2.05) is 6.20 Å². The van der Waals surface area contributed by atoms with Gasteiger partial charge in [0.1, 0.15) is 6.33 Å². The highest BCUT2D eigenvalue weighted by Crippen LogP contribution is 2.53. The maximum absolute atomic E-state index is 4.48. The molecule has 0 N–H and O–H groups in total. The van der Waals surface area contributed by atoms with E-state index in [9.17, 15) is 0 Å². The Labute approximate surface area is 105 Å². The normalized spacial score (nSPS) is 24.8. The third-order valence-corrected chi connectivity index (χ3v) is 4.02. The van der Waals surface area contributed by atoms with Gasteiger partial charge in [-0.25, -0.2) is 9.97 Å². The monoisotopic (exact) mass is 232 g/mol. The molecule has 0 bridgehead atoms. The van der Waals surface area contributed by atoms with Crippen LogP contribution in [0.4, 0.5) is 0 Å². The molecule has 0 aromatic carbocycles. The van der Waals surface area contributed by atoms with Crippen LogP contribution in [0.2, 0.25) is 0 Å². The van der Waals surface area contributed by atoms with Crippen LogP contribution in [0.5, 0.6) is 0 Å². The fraction of sp³-hybridized carbons (Fsp3) is 0.733. The second-order valence-corrected chi connectivity index (χ2v) is 7.45. The van der Waals surface area contributed by atoms with Gasteiger partial charge in [-0.05, 0) is 34.7 Å². The van der Waals surface area contributed by atoms with Crippen molar-refractivity contribution in [2.75, 3.05) is 0 Å². The van der Waals surface area contributed by atoms with Gasteiger partial charge in [-0.1, -0.05) is 41.5 Å². The van der Waals surface area contributed by atoms with Gasteiger partial charge in [-0.3, -0.25) is 0 Å². The molecule has 1 aliphatic carbocycles. The van der Waals surface area contributed by atoms with Gasteiger partial charge in [-0.2, -0.15) is 0 Å². The first-order valence-corrected chi connectivity index (χ1v) is 6.50. The van der Waals surface area contributed by atoms with Crippen molar-refractivity contribution in [2.45, 2.75) is 53.9 Å². The number of aromatic nitrogens is 2. The summed E-state index contributed by atoms with van der Waals surface area (Å²) in [6, 6.07) is 0. The zero-order chi connectivity index (χ0) is 12.8. The molecule has 0 saturated carbocycles. The van der Waals surface area contributed by atoms with Gasteiger partial charge < -0.3 is 0 Å². The van der Waals surface area contributed by atoms with Gasteiger partial charge in [0.2, 0.25) is 0 Å². The third kappa shape index (κ3) is 2.22. The van der Waals surface area contributed by atoms with Gasteiger partial charge in [0.15, 0.2) is 0 Å². The van der Waals surface area contributed by atoms with Gasteiger partial charge in [0.05, 0.1) is 0 Å². The van der Waals surface area contributed by atoms with Crippen molar-refractivity contribution in [2.24, 2.45) is 16.7 Å². The third-order valence-electron chi connectivity index (χ3n) is 4.02. The van der Waals surface area contributed by atoms with Crippen molar-refractivity contribution in [3.63, 3.8) is 0 Å². The molecule has 1 aliphatic rings. The number of hydrogen-bond acceptors (Lipinski definition) is 2. The highest BCUT2D eigenvalue weighted by molar-refractivity contribution is 5.31. The molecule has 17 heavy (non-hydrogen) atoms. The Morgan fingerprint density at radius 1 is 1.06 bits per heavy atom. The summed E-state index contributed by atoms with van der Waals surface area (Å²) in [6.45, 7) is 14.0. The molecular formula is C15H24N2. The highest BCUT2D eigenvalue weighted by atomic mass is 14.8. The summed E-state index contributed by atoms with van der Waals surface area (Å²) < 4.78 is 0. The smallest absolute Gasteiger partial charge is 0.115 e. The first-order valence-electron chi connectivity index (χ1n) is 6.50. The average molecular weight is 232 g/mol. The lowest BCUT2D eigenvalue weighted by Crippen LogP contribution is -2.31. The summed E-state index contributed by atoms with van der Waals surface area (Å²) in [4.78, 5) is 8.70. The maximum atomic E-state index is 4.48. The van der Waals surface area contributed by atoms with Crippen molar-refractivity contribution >= 4 is 0 Å². The average Bonchev–Trinajstić information content (AvgIpc) is 2.54. The minimum atomic E-state index is 0.272. The SMILES string of the molecule is CC(C)(C)C1Cc2ncncc2C1C(C)(C)C. The Balaban J connectivity index is 2.48. The molecule has 0 spiro atoms. The second-order valence-electron chi connectivity index (χ2n) is 7.45. The van der Waals surface area contributed by atoms with E-state index in [0.29, 0.717) is 17.3 Å². The quantitative estimate of drug-likeness (QED) is 0.679. The first kappa shape index (κ1) is 12.5. The Kier molecular flexibility index (Phi) is 2.80. The molecule has 2 nitrogen and oxygen atoms in total. The largest absolute Gasteiger partial charge is 0.245 e. The zero-order valence-electron chi connectivity index (χ0n) is 11.9. The molecule has 0 radical (unpaired) electrons. The van der Waals surface area contributed by atoms with Crippen molar-refractivity contribution in [1.29, 1.82) is 0 Å². The van der Waals surface area contributed by atoms with E-state index in [2.05, 4.69) is 51.5 Å². The topological polar surface area (TPSA) is 25.8 Å². The van der Waals surface area contributed by atoms with Crippen molar-refractivity contribution in [3.8, 4) is 0 Å². The summed E-state index contributed by atoms with van der Waals surface area (Å²) in [5.74, 6) is 1.23. The Morgan fingerprint density at radius 3 is 2.24 bits per heavy atom. The highest BCUT2D eigenvalue weighted by Gasteiger charge is 2.45. The van der Waals surface area contributed by atoms with Gasteiger partial charge in [-0.15, -0.1) is 0 Å². The van der Waals surface area contributed by atoms with E-state index in [4.69, 9.17) is 0 Å². The number of fused-ring (bicyclic) bond motifs is 1. The van der Waals surface area contributed by atoms with Crippen molar-refractivity contribution in [1.82, 2.24) is 9.97 Å². The lowest BCUT2D eigenvalue weighted by molar-refractivity contribution is 0.142. The molecule has 2 unspecified atom stereocenters. The molecule has 2 heteroatoms. The van der Waals surface area contributed by atoms with Gasteiger partial charge in [0.25, 0.3) is 0 Å². The molecule has 2 atom stereocenters. The predicted molar refractivity (Wildman–Crippen MR) is 70.9 cm³/mol. The number of rotatable bonds is 0. The van der Waals surface area contributed by atoms with E-state index >= 15 is 0 Å². The van der Waals surface area contributed by atoms with Crippen LogP contribution >= 0.6 is 0 Å². The van der Waals surface area contributed by atoms with Crippen LogP contribution in [0.1, 0.15) is 58.7 Å². The molecule has 0 aliphatic heterocycles. The lowest BCUT2D eigenvalue weighted by Gasteiger charge is -2.39. The van der Waals surface area contributed by atoms with Crippen LogP contribution in [0.15, 0.2) is 12.5 Å². The number of hydrogen-bond donors (Lipinski definition) is 0. The summed E-state index contributed by atoms with van der Waals surface area (Å²) >= 11 is 0. The lowest BCUT2D eigenvalue weighted by atomic mass is 9.65. The van der Waals surface area contributed by atoms with E-state index in [-0.39, 0.29) is 5.41 Å². The van der Waals surface area contributed by atoms with E-state index < -0.39 is 0 Å². The van der Waals surface area contributed by atoms with Crippen LogP contribution in [0, 0.1) is 16.7 Å². The molecule has 94 valence electrons. The van der Waals surface area contributed by atoms with Crippen LogP contribution in [0.25, 0.3) is 0 Å². The van der Waals surface area contributed by atoms with E-state index in [0.717, 1.165) is 6.42 Å². The Morgan fingerprint density at radius 2 is 1.71 bits per heavy atom. The van der Waals surface area contributed by atoms with Crippen LogP contribution < -0.4 is 0 Å². The van der Waals surface area contributed by atoms with E-state index in [1.165, 1.54) is 11.3 Å². The fourth-order valence-electron chi connectivity index (χ4n) is 3.22. The molecule has 0 fully saturated rings. The minimum absolute atomic E-state index is 0.272. The number of nitrogens with zero attached hydrogens (tertiary/aromatic N) is 2. The van der Waals surface area contributed by atoms with Crippen LogP contribution in [-0.2, 0) is 6.42 Å². The summed E-state index contributed by atoms with van der Waals surface area (Å²) in [7, 11) is 0. The molecular weight excluding hydrogens is 208 g/mol. The molecule has 1 aromatic rings. The van der Waals surface area contributed by atoms with Gasteiger partial charge in [0, 0.05) is 11.9 Å². The maximum Gasteiger partial charge on any atom is 0.115 e. The molecule has 1 heterocycles. The standard InChI is InChI=1S/C15H24N2/c1-14(2,3)11-7-12-10(8-16-9-17-12)13(11)15(4,5)6/h8-9,11,13H,7H2,1-6H3. The first-order chi connectivity index (χ1) is 7.71. The van der Waals surface area contributed by atoms with Crippen molar-refractivity contribution in [3.05, 3.63) is 23.8 Å². The second kappa shape index (κ2) is 3.79. The summed E-state index contributed by atoms with van der Waals surface area (Å²) in [5, 5.41) is 0. The molecule has 0 saturated heterocycles. The fourth-order valence-corrected chi connectivity index (χ4v) is 3.22. The van der Waals surface area contributed by atoms with Crippen molar-refractivity contribution < 1.29 is 0 Å². The molecule has 1 aromatic heterocycles. The summed E-state index contributed by atoms with van der Waals surface area (Å²) in [6.07, 6.45) is 4.82. The Hall–Kier alpha value is -0.920. The van der Waals surface area contributed by atoms with Crippen LogP contribution in [0.3, 0.4) is 0 Å². The van der Waals surface area contributed by atoms with Crippen LogP contribution in [-0.4, -0.2) is 9.97 Å². The molecule has 0 amide bonds. The summed E-state index contributed by atoms with van der Waals surface area (Å²) in [5.41, 5.74) is 3.23. The zero-order valence-corrected chi connectivity index (χ0v) is 11.9.